The summed E-state index contributed by atoms with van der Waals surface area (Å²) < 4.78 is 12.1. The van der Waals surface area contributed by atoms with Crippen molar-refractivity contribution in [3.63, 3.8) is 0 Å². The van der Waals surface area contributed by atoms with Crippen LogP contribution in [0.25, 0.3) is 0 Å². The van der Waals surface area contributed by atoms with Gasteiger partial charge >= 0.3 is 0 Å². The van der Waals surface area contributed by atoms with E-state index in [1.54, 1.807) is 12.2 Å². The van der Waals surface area contributed by atoms with E-state index in [1.807, 2.05) is 6.92 Å². The maximum atomic E-state index is 12.1. The largest absolute Gasteiger partial charge is 0.212 e. The van der Waals surface area contributed by atoms with E-state index in [0.717, 1.165) is 6.42 Å². The third kappa shape index (κ3) is 5.28. The van der Waals surface area contributed by atoms with Gasteiger partial charge in [0, 0.05) is 0 Å². The summed E-state index contributed by atoms with van der Waals surface area (Å²) >= 11 is 0. The molecule has 0 aliphatic heterocycles. The average Bonchev–Trinajstić information content (AvgIpc) is 1.63. The molecule has 0 aliphatic rings. The number of rotatable bonds is 3. The molecule has 0 heterocycles. The van der Waals surface area contributed by atoms with Crippen LogP contribution in [0.2, 0.25) is 0 Å². The highest BCUT2D eigenvalue weighted by Gasteiger charge is 1.93. The molecule has 0 nitrogen and oxygen atoms in total. The zero-order chi connectivity index (χ0) is 7.28. The second kappa shape index (κ2) is 4.30. The van der Waals surface area contributed by atoms with Crippen molar-refractivity contribution in [2.75, 3.05) is 0 Å². The lowest BCUT2D eigenvalue weighted by Gasteiger charge is -1.98. The van der Waals surface area contributed by atoms with E-state index in [1.165, 1.54) is 6.92 Å². The Morgan fingerprint density at radius 2 is 2.33 bits per heavy atom. The summed E-state index contributed by atoms with van der Waals surface area (Å²) in [4.78, 5) is 0. The van der Waals surface area contributed by atoms with Crippen LogP contribution in [0.15, 0.2) is 24.6 Å². The van der Waals surface area contributed by atoms with Crippen molar-refractivity contribution in [3.05, 3.63) is 24.6 Å². The first-order chi connectivity index (χ1) is 4.16. The predicted molar refractivity (Wildman–Crippen MR) is 38.8 cm³/mol. The Hall–Kier alpha value is -0.590. The van der Waals surface area contributed by atoms with Crippen LogP contribution in [-0.2, 0) is 0 Å². The maximum absolute atomic E-state index is 12.1. The van der Waals surface area contributed by atoms with Crippen LogP contribution in [-0.4, -0.2) is 0 Å². The van der Waals surface area contributed by atoms with Crippen molar-refractivity contribution in [3.8, 4) is 0 Å². The van der Waals surface area contributed by atoms with Gasteiger partial charge in [-0.1, -0.05) is 19.1 Å². The van der Waals surface area contributed by atoms with Crippen LogP contribution in [0.1, 0.15) is 20.3 Å². The van der Waals surface area contributed by atoms with Crippen LogP contribution in [0, 0.1) is 5.92 Å². The van der Waals surface area contributed by atoms with Crippen molar-refractivity contribution in [1.82, 2.24) is 0 Å². The highest BCUT2D eigenvalue weighted by atomic mass is 19.1. The molecule has 0 fully saturated rings. The molecule has 1 atom stereocenters. The van der Waals surface area contributed by atoms with Crippen LogP contribution in [0.4, 0.5) is 4.39 Å². The molecular weight excluding hydrogens is 115 g/mol. The number of hydrogen-bond acceptors (Lipinski definition) is 0. The maximum Gasteiger partial charge on any atom is 0.0931 e. The SMILES string of the molecule is C=CCC(C)/C=C(\C)F. The Morgan fingerprint density at radius 3 is 2.67 bits per heavy atom. The van der Waals surface area contributed by atoms with Crippen molar-refractivity contribution in [2.45, 2.75) is 20.3 Å². The van der Waals surface area contributed by atoms with E-state index in [4.69, 9.17) is 0 Å². The summed E-state index contributed by atoms with van der Waals surface area (Å²) in [5.74, 6) is 0.178. The molecule has 0 amide bonds. The fourth-order valence-electron chi connectivity index (χ4n) is 0.723. The van der Waals surface area contributed by atoms with Gasteiger partial charge in [0.15, 0.2) is 0 Å². The topological polar surface area (TPSA) is 0 Å². The van der Waals surface area contributed by atoms with E-state index >= 15 is 0 Å². The van der Waals surface area contributed by atoms with Gasteiger partial charge in [0.2, 0.25) is 0 Å². The molecule has 0 aliphatic carbocycles. The Balaban J connectivity index is 3.61. The molecule has 0 N–H and O–H groups in total. The van der Waals surface area contributed by atoms with Gasteiger partial charge in [-0.25, -0.2) is 4.39 Å². The summed E-state index contributed by atoms with van der Waals surface area (Å²) in [7, 11) is 0. The second-order valence-electron chi connectivity index (χ2n) is 2.26. The molecule has 0 spiro atoms. The summed E-state index contributed by atoms with van der Waals surface area (Å²) in [5.41, 5.74) is 0. The Bertz CT molecular complexity index is 110. The third-order valence-electron chi connectivity index (χ3n) is 1.05. The molecule has 52 valence electrons. The molecule has 9 heavy (non-hydrogen) atoms. The molecular formula is C8H13F. The minimum atomic E-state index is -0.107. The molecule has 0 aromatic rings. The van der Waals surface area contributed by atoms with Gasteiger partial charge in [-0.15, -0.1) is 6.58 Å². The minimum Gasteiger partial charge on any atom is -0.212 e. The van der Waals surface area contributed by atoms with Gasteiger partial charge in [0.05, 0.1) is 5.83 Å². The monoisotopic (exact) mass is 128 g/mol. The highest BCUT2D eigenvalue weighted by molar-refractivity contribution is 4.92. The lowest BCUT2D eigenvalue weighted by molar-refractivity contribution is 0.610. The minimum absolute atomic E-state index is 0.107. The summed E-state index contributed by atoms with van der Waals surface area (Å²) in [5, 5.41) is 0. The standard InChI is InChI=1S/C8H13F/c1-4-5-7(2)6-8(3)9/h4,6-7H,1,5H2,2-3H3/b8-6+. The number of hydrogen-bond donors (Lipinski definition) is 0. The zero-order valence-electron chi connectivity index (χ0n) is 6.02. The molecule has 0 aromatic heterocycles. The molecule has 1 heteroatoms. The Kier molecular flexibility index (Phi) is 4.02. The Morgan fingerprint density at radius 1 is 1.78 bits per heavy atom. The zero-order valence-corrected chi connectivity index (χ0v) is 6.02. The smallest absolute Gasteiger partial charge is 0.0931 e. The van der Waals surface area contributed by atoms with E-state index < -0.39 is 0 Å². The normalized spacial score (nSPS) is 15.2. The molecule has 0 rings (SSSR count). The first kappa shape index (κ1) is 8.41. The number of halogens is 1. The molecule has 0 aromatic carbocycles. The summed E-state index contributed by atoms with van der Waals surface area (Å²) in [6.45, 7) is 6.98. The lowest BCUT2D eigenvalue weighted by atomic mass is 10.1. The highest BCUT2D eigenvalue weighted by Crippen LogP contribution is 2.07. The average molecular weight is 128 g/mol. The number of allylic oxidation sites excluding steroid dienone is 3. The first-order valence-electron chi connectivity index (χ1n) is 3.11. The van der Waals surface area contributed by atoms with Crippen LogP contribution in [0.3, 0.4) is 0 Å². The van der Waals surface area contributed by atoms with Crippen molar-refractivity contribution in [1.29, 1.82) is 0 Å². The van der Waals surface area contributed by atoms with Crippen molar-refractivity contribution >= 4 is 0 Å². The molecule has 1 unspecified atom stereocenters. The van der Waals surface area contributed by atoms with E-state index in [-0.39, 0.29) is 11.7 Å². The molecule has 0 saturated carbocycles. The predicted octanol–water partition coefficient (Wildman–Crippen LogP) is 3.07. The molecule has 0 bridgehead atoms. The van der Waals surface area contributed by atoms with Gasteiger partial charge in [0.25, 0.3) is 0 Å². The molecule has 0 saturated heterocycles. The van der Waals surface area contributed by atoms with Gasteiger partial charge in [0.1, 0.15) is 0 Å². The fourth-order valence-corrected chi connectivity index (χ4v) is 0.723. The first-order valence-corrected chi connectivity index (χ1v) is 3.11. The van der Waals surface area contributed by atoms with Gasteiger partial charge in [-0.2, -0.15) is 0 Å². The van der Waals surface area contributed by atoms with Gasteiger partial charge < -0.3 is 0 Å². The van der Waals surface area contributed by atoms with Crippen LogP contribution < -0.4 is 0 Å². The van der Waals surface area contributed by atoms with E-state index in [9.17, 15) is 4.39 Å². The lowest BCUT2D eigenvalue weighted by Crippen LogP contribution is -1.85. The Labute approximate surface area is 56.1 Å². The fraction of sp³-hybridized carbons (Fsp3) is 0.500. The second-order valence-corrected chi connectivity index (χ2v) is 2.26. The van der Waals surface area contributed by atoms with Crippen molar-refractivity contribution < 1.29 is 4.39 Å². The summed E-state index contributed by atoms with van der Waals surface area (Å²) in [6, 6.07) is 0. The van der Waals surface area contributed by atoms with E-state index in [0.29, 0.717) is 0 Å². The van der Waals surface area contributed by atoms with Crippen LogP contribution in [0.5, 0.6) is 0 Å². The van der Waals surface area contributed by atoms with E-state index in [2.05, 4.69) is 6.58 Å². The van der Waals surface area contributed by atoms with Crippen LogP contribution >= 0.6 is 0 Å². The van der Waals surface area contributed by atoms with Gasteiger partial charge in [-0.3, -0.25) is 0 Å². The summed E-state index contributed by atoms with van der Waals surface area (Å²) in [6.07, 6.45) is 4.24. The third-order valence-corrected chi connectivity index (χ3v) is 1.05. The van der Waals surface area contributed by atoms with Crippen molar-refractivity contribution in [2.24, 2.45) is 5.92 Å². The van der Waals surface area contributed by atoms with Gasteiger partial charge in [-0.05, 0) is 19.3 Å². The quantitative estimate of drug-likeness (QED) is 0.512. The molecule has 0 radical (unpaired) electrons.